The van der Waals surface area contributed by atoms with E-state index in [1.165, 1.54) is 19.1 Å². The van der Waals surface area contributed by atoms with Crippen molar-refractivity contribution in [3.63, 3.8) is 0 Å². The van der Waals surface area contributed by atoms with Gasteiger partial charge >= 0.3 is 5.97 Å². The summed E-state index contributed by atoms with van der Waals surface area (Å²) in [5.41, 5.74) is 5.99. The first-order valence-electron chi connectivity index (χ1n) is 6.79. The fraction of sp³-hybridized carbons (Fsp3) is 0.400. The summed E-state index contributed by atoms with van der Waals surface area (Å²) in [6, 6.07) is 6.16. The van der Waals surface area contributed by atoms with Crippen LogP contribution in [0.4, 0.5) is 5.69 Å². The number of carbonyl (C=O) groups is 3. The smallest absolute Gasteiger partial charge is 0.309 e. The van der Waals surface area contributed by atoms with Crippen LogP contribution >= 0.6 is 0 Å². The molecule has 1 saturated carbocycles. The molecule has 1 aromatic carbocycles. The van der Waals surface area contributed by atoms with Gasteiger partial charge < -0.3 is 15.8 Å². The molecule has 6 nitrogen and oxygen atoms in total. The first kappa shape index (κ1) is 15.0. The van der Waals surface area contributed by atoms with Gasteiger partial charge in [-0.2, -0.15) is 0 Å². The van der Waals surface area contributed by atoms with Gasteiger partial charge in [-0.3, -0.25) is 14.4 Å². The maximum Gasteiger partial charge on any atom is 0.309 e. The average molecular weight is 290 g/mol. The lowest BCUT2D eigenvalue weighted by atomic mass is 10.2. The van der Waals surface area contributed by atoms with E-state index in [4.69, 9.17) is 10.5 Å². The van der Waals surface area contributed by atoms with E-state index in [1.807, 2.05) is 6.92 Å². The summed E-state index contributed by atoms with van der Waals surface area (Å²) in [5.74, 6) is -1.00. The fourth-order valence-corrected chi connectivity index (χ4v) is 1.93. The molecular weight excluding hydrogens is 272 g/mol. The van der Waals surface area contributed by atoms with E-state index < -0.39 is 17.9 Å². The molecule has 1 aliphatic carbocycles. The zero-order valence-electron chi connectivity index (χ0n) is 12.0. The van der Waals surface area contributed by atoms with Crippen LogP contribution in [0.2, 0.25) is 0 Å². The first-order chi connectivity index (χ1) is 9.88. The van der Waals surface area contributed by atoms with Crippen LogP contribution in [0.1, 0.15) is 30.6 Å². The number of rotatable bonds is 5. The number of amides is 2. The average Bonchev–Trinajstić information content (AvgIpc) is 3.16. The van der Waals surface area contributed by atoms with E-state index in [-0.39, 0.29) is 11.9 Å². The maximum absolute atomic E-state index is 11.9. The molecule has 0 aliphatic heterocycles. The molecular formula is C15H18N2O4. The van der Waals surface area contributed by atoms with Gasteiger partial charge in [-0.15, -0.1) is 0 Å². The highest BCUT2D eigenvalue weighted by atomic mass is 16.5. The molecule has 0 bridgehead atoms. The molecule has 6 heteroatoms. The van der Waals surface area contributed by atoms with Crippen molar-refractivity contribution in [3.8, 4) is 0 Å². The van der Waals surface area contributed by atoms with Crippen LogP contribution in [-0.2, 0) is 14.3 Å². The van der Waals surface area contributed by atoms with Crippen LogP contribution in [0.25, 0.3) is 0 Å². The number of benzene rings is 1. The zero-order valence-corrected chi connectivity index (χ0v) is 12.0. The molecule has 0 saturated heterocycles. The number of carbonyl (C=O) groups excluding carboxylic acids is 3. The van der Waals surface area contributed by atoms with Gasteiger partial charge in [0.15, 0.2) is 6.10 Å². The Bertz CT molecular complexity index is 568. The van der Waals surface area contributed by atoms with Gasteiger partial charge in [0, 0.05) is 11.3 Å². The molecule has 0 radical (unpaired) electrons. The van der Waals surface area contributed by atoms with Crippen molar-refractivity contribution < 1.29 is 19.1 Å². The molecule has 3 N–H and O–H groups in total. The predicted octanol–water partition coefficient (Wildman–Crippen LogP) is 1.31. The topological polar surface area (TPSA) is 98.5 Å². The number of nitrogens with two attached hydrogens (primary N) is 1. The second-order valence-corrected chi connectivity index (χ2v) is 5.33. The van der Waals surface area contributed by atoms with Crippen molar-refractivity contribution >= 4 is 23.5 Å². The number of nitrogens with one attached hydrogen (secondary N) is 1. The largest absolute Gasteiger partial charge is 0.452 e. The third-order valence-electron chi connectivity index (χ3n) is 3.51. The Hall–Kier alpha value is -2.37. The van der Waals surface area contributed by atoms with Crippen LogP contribution in [0, 0.1) is 11.8 Å². The molecule has 0 heterocycles. The standard InChI is InChI=1S/C15H18N2O4/c1-8-7-12(8)15(20)21-9(2)14(19)17-11-5-3-10(4-6-11)13(16)18/h3-6,8-9,12H,7H2,1-2H3,(H2,16,18)(H,17,19)/t8-,9-,12-/m0/s1. The van der Waals surface area contributed by atoms with E-state index in [0.29, 0.717) is 17.2 Å². The SMILES string of the molecule is C[C@H](OC(=O)[C@H]1C[C@@H]1C)C(=O)Nc1ccc(C(N)=O)cc1. The lowest BCUT2D eigenvalue weighted by Crippen LogP contribution is -2.30. The van der Waals surface area contributed by atoms with Crippen LogP contribution in [0.3, 0.4) is 0 Å². The van der Waals surface area contributed by atoms with E-state index in [2.05, 4.69) is 5.32 Å². The molecule has 0 spiro atoms. The van der Waals surface area contributed by atoms with Crippen LogP contribution < -0.4 is 11.1 Å². The van der Waals surface area contributed by atoms with Crippen molar-refractivity contribution in [3.05, 3.63) is 29.8 Å². The Labute approximate surface area is 122 Å². The molecule has 1 fully saturated rings. The Morgan fingerprint density at radius 3 is 2.33 bits per heavy atom. The van der Waals surface area contributed by atoms with Crippen LogP contribution in [0.15, 0.2) is 24.3 Å². The monoisotopic (exact) mass is 290 g/mol. The summed E-state index contributed by atoms with van der Waals surface area (Å²) >= 11 is 0. The quantitative estimate of drug-likeness (QED) is 0.799. The Balaban J connectivity index is 1.88. The summed E-state index contributed by atoms with van der Waals surface area (Å²) < 4.78 is 5.12. The lowest BCUT2D eigenvalue weighted by Gasteiger charge is -2.13. The number of ether oxygens (including phenoxy) is 1. The van der Waals surface area contributed by atoms with E-state index in [0.717, 1.165) is 6.42 Å². The molecule has 2 amide bonds. The highest BCUT2D eigenvalue weighted by molar-refractivity contribution is 5.96. The van der Waals surface area contributed by atoms with Crippen molar-refractivity contribution in [2.45, 2.75) is 26.4 Å². The molecule has 1 aromatic rings. The first-order valence-corrected chi connectivity index (χ1v) is 6.79. The number of anilines is 1. The summed E-state index contributed by atoms with van der Waals surface area (Å²) in [4.78, 5) is 34.5. The third-order valence-corrected chi connectivity index (χ3v) is 3.51. The molecule has 1 aliphatic rings. The van der Waals surface area contributed by atoms with Gasteiger partial charge in [0.2, 0.25) is 5.91 Å². The molecule has 3 atom stereocenters. The number of hydrogen-bond donors (Lipinski definition) is 2. The van der Waals surface area contributed by atoms with Crippen LogP contribution in [0.5, 0.6) is 0 Å². The summed E-state index contributed by atoms with van der Waals surface area (Å²) in [7, 11) is 0. The third kappa shape index (κ3) is 3.81. The fourth-order valence-electron chi connectivity index (χ4n) is 1.93. The normalized spacial score (nSPS) is 21.2. The molecule has 21 heavy (non-hydrogen) atoms. The van der Waals surface area contributed by atoms with E-state index >= 15 is 0 Å². The minimum atomic E-state index is -0.860. The molecule has 0 unspecified atom stereocenters. The van der Waals surface area contributed by atoms with Gasteiger partial charge in [-0.1, -0.05) is 6.92 Å². The van der Waals surface area contributed by atoms with Gasteiger partial charge in [0.1, 0.15) is 0 Å². The molecule has 0 aromatic heterocycles. The Kier molecular flexibility index (Phi) is 4.26. The van der Waals surface area contributed by atoms with Gasteiger partial charge in [0.25, 0.3) is 5.91 Å². The lowest BCUT2D eigenvalue weighted by molar-refractivity contribution is -0.154. The number of esters is 1. The summed E-state index contributed by atoms with van der Waals surface area (Å²) in [6.07, 6.45) is -0.0389. The summed E-state index contributed by atoms with van der Waals surface area (Å²) in [6.45, 7) is 3.50. The minimum absolute atomic E-state index is 0.0740. The highest BCUT2D eigenvalue weighted by Gasteiger charge is 2.41. The number of primary amides is 1. The van der Waals surface area contributed by atoms with Gasteiger partial charge in [0.05, 0.1) is 5.92 Å². The number of hydrogen-bond acceptors (Lipinski definition) is 4. The summed E-state index contributed by atoms with van der Waals surface area (Å²) in [5, 5.41) is 2.62. The van der Waals surface area contributed by atoms with Crippen molar-refractivity contribution in [1.82, 2.24) is 0 Å². The van der Waals surface area contributed by atoms with Crippen molar-refractivity contribution in [2.75, 3.05) is 5.32 Å². The van der Waals surface area contributed by atoms with Gasteiger partial charge in [-0.25, -0.2) is 0 Å². The van der Waals surface area contributed by atoms with Crippen LogP contribution in [-0.4, -0.2) is 23.9 Å². The zero-order chi connectivity index (χ0) is 15.6. The Morgan fingerprint density at radius 1 is 1.29 bits per heavy atom. The predicted molar refractivity (Wildman–Crippen MR) is 76.4 cm³/mol. The van der Waals surface area contributed by atoms with Crippen molar-refractivity contribution in [2.24, 2.45) is 17.6 Å². The Morgan fingerprint density at radius 2 is 1.86 bits per heavy atom. The van der Waals surface area contributed by atoms with E-state index in [1.54, 1.807) is 12.1 Å². The minimum Gasteiger partial charge on any atom is -0.452 e. The highest BCUT2D eigenvalue weighted by Crippen LogP contribution is 2.38. The molecule has 2 rings (SSSR count). The van der Waals surface area contributed by atoms with E-state index in [9.17, 15) is 14.4 Å². The van der Waals surface area contributed by atoms with Gasteiger partial charge in [-0.05, 0) is 43.5 Å². The second-order valence-electron chi connectivity index (χ2n) is 5.33. The second kappa shape index (κ2) is 5.95. The molecule has 112 valence electrons. The maximum atomic E-state index is 11.9. The van der Waals surface area contributed by atoms with Crippen molar-refractivity contribution in [1.29, 1.82) is 0 Å².